The molecule has 0 aliphatic carbocycles. The second kappa shape index (κ2) is 3.64. The molecule has 14 rings (SSSR count). The molecule has 7 heteroatoms. The van der Waals surface area contributed by atoms with Gasteiger partial charge in [0.1, 0.15) is 0 Å². The molecule has 0 radical (unpaired) electrons. The van der Waals surface area contributed by atoms with E-state index in [1.807, 2.05) is 0 Å². The Morgan fingerprint density at radius 3 is 0.805 bits per heavy atom. The summed E-state index contributed by atoms with van der Waals surface area (Å²) in [6, 6.07) is 36.3. The molecule has 0 bridgehead atoms. The zero-order chi connectivity index (χ0) is 27.0. The van der Waals surface area contributed by atoms with Gasteiger partial charge in [0.05, 0.1) is 0 Å². The summed E-state index contributed by atoms with van der Waals surface area (Å²) in [5.41, 5.74) is 0. The molecule has 0 saturated carbocycles. The van der Waals surface area contributed by atoms with E-state index in [1.54, 1.807) is 21.2 Å². The maximum absolute atomic E-state index is 6.48. The van der Waals surface area contributed by atoms with Crippen molar-refractivity contribution in [1.82, 2.24) is 0 Å². The fourth-order valence-corrected chi connectivity index (χ4v) is 126. The van der Waals surface area contributed by atoms with Crippen molar-refractivity contribution in [3.63, 3.8) is 0 Å². The normalized spacial score (nSPS) is 58.2. The molecule has 10 aliphatic rings. The fourth-order valence-electron chi connectivity index (χ4n) is 21.0. The first kappa shape index (κ1) is 22.0. The number of halogens is 4. The van der Waals surface area contributed by atoms with Crippen LogP contribution in [0, 0.1) is 0 Å². The van der Waals surface area contributed by atoms with Gasteiger partial charge in [-0.3, -0.25) is 0 Å². The van der Waals surface area contributed by atoms with E-state index in [0.717, 1.165) is 39.4 Å². The van der Waals surface area contributed by atoms with Crippen LogP contribution in [0.3, 0.4) is 0 Å². The molecule has 0 nitrogen and oxygen atoms in total. The van der Waals surface area contributed by atoms with E-state index in [1.165, 1.54) is 19.3 Å². The van der Waals surface area contributed by atoms with Crippen molar-refractivity contribution in [2.24, 2.45) is 0 Å². The molecule has 0 aromatic heterocycles. The summed E-state index contributed by atoms with van der Waals surface area (Å²) in [5.74, 6) is 0. The summed E-state index contributed by atoms with van der Waals surface area (Å²) in [5, 5.41) is 9.64. The zero-order valence-corrected chi connectivity index (χ0v) is 27.5. The van der Waals surface area contributed by atoms with Crippen molar-refractivity contribution in [3.8, 4) is 0 Å². The van der Waals surface area contributed by atoms with Gasteiger partial charge in [0.2, 0.25) is 0 Å². The van der Waals surface area contributed by atoms with E-state index < -0.39 is 22.4 Å². The average molecular weight is 692 g/mol. The summed E-state index contributed by atoms with van der Waals surface area (Å²) in [6.07, 6.45) is 0. The summed E-state index contributed by atoms with van der Waals surface area (Å²) < 4.78 is 1.29. The van der Waals surface area contributed by atoms with Crippen molar-refractivity contribution < 1.29 is 6.51 Å². The first-order valence-corrected chi connectivity index (χ1v) is 24.9. The van der Waals surface area contributed by atoms with Gasteiger partial charge >= 0.3 is 254 Å². The van der Waals surface area contributed by atoms with Crippen LogP contribution >= 0.6 is 62.2 Å². The minimum absolute atomic E-state index is 0.447. The van der Waals surface area contributed by atoms with Crippen LogP contribution < -0.4 is 21.2 Å². The van der Waals surface area contributed by atoms with E-state index in [-0.39, 0.29) is 0 Å². The van der Waals surface area contributed by atoms with Crippen LogP contribution in [0.2, 0.25) is 58.6 Å². The molecule has 41 heavy (non-hydrogen) atoms. The summed E-state index contributed by atoms with van der Waals surface area (Å²) in [4.78, 5) is 9.14. The number of benzene rings is 4. The van der Waals surface area contributed by atoms with Crippen LogP contribution in [0.4, 0.5) is 0 Å². The van der Waals surface area contributed by atoms with Gasteiger partial charge in [-0.15, -0.1) is 0 Å². The third-order valence-electron chi connectivity index (χ3n) is 19.7. The van der Waals surface area contributed by atoms with E-state index in [9.17, 15) is 0 Å². The van der Waals surface area contributed by atoms with Crippen LogP contribution in [0.15, 0.2) is 97.1 Å². The maximum atomic E-state index is 6.48. The second-order valence-corrected chi connectivity index (χ2v) is 46.9. The molecule has 4 aromatic carbocycles. The Labute approximate surface area is 251 Å². The Kier molecular flexibility index (Phi) is 1.95. The van der Waals surface area contributed by atoms with E-state index >= 15 is 0 Å². The summed E-state index contributed by atoms with van der Waals surface area (Å²) in [6.45, 7) is -4.03. The van der Waals surface area contributed by atoms with Gasteiger partial charge < -0.3 is 0 Å². The second-order valence-electron chi connectivity index (χ2n) is 16.3. The monoisotopic (exact) mass is 690 g/mol. The van der Waals surface area contributed by atoms with Crippen molar-refractivity contribution >= 4 is 83.5 Å². The Morgan fingerprint density at radius 2 is 0.610 bits per heavy atom. The van der Waals surface area contributed by atoms with E-state index in [0.29, 0.717) is 8.11 Å². The van der Waals surface area contributed by atoms with Gasteiger partial charge in [0, 0.05) is 0 Å². The molecule has 8 unspecified atom stereocenters. The first-order chi connectivity index (χ1) is 19.7. The fraction of sp³-hybridized carbons (Fsp3) is 0.294. The van der Waals surface area contributed by atoms with Gasteiger partial charge in [0.25, 0.3) is 0 Å². The van der Waals surface area contributed by atoms with Gasteiger partial charge in [-0.25, -0.2) is 0 Å². The molecule has 10 saturated heterocycles. The summed E-state index contributed by atoms with van der Waals surface area (Å²) >= 11 is 25.9. The van der Waals surface area contributed by atoms with E-state index in [2.05, 4.69) is 97.1 Å². The predicted octanol–water partition coefficient (Wildman–Crippen LogP) is 10.1. The third-order valence-corrected chi connectivity index (χ3v) is 77.3. The van der Waals surface area contributed by atoms with Crippen LogP contribution in [0.1, 0.15) is 0 Å². The molecule has 10 heterocycles. The van der Waals surface area contributed by atoms with Crippen LogP contribution in [-0.4, -0.2) is 8.11 Å². The predicted molar refractivity (Wildman–Crippen MR) is 174 cm³/mol. The van der Waals surface area contributed by atoms with Crippen LogP contribution in [0.25, 0.3) is 0 Å². The number of rotatable bonds is 6. The Hall–Kier alpha value is -0.581. The number of fused-ring (bicyclic) bond motifs is 10. The zero-order valence-electron chi connectivity index (χ0n) is 21.6. The van der Waals surface area contributed by atoms with E-state index in [4.69, 9.17) is 46.4 Å². The molecule has 206 valence electrons. The van der Waals surface area contributed by atoms with Crippen molar-refractivity contribution in [1.29, 1.82) is 0 Å². The van der Waals surface area contributed by atoms with Crippen LogP contribution in [0.5, 0.6) is 0 Å². The van der Waals surface area contributed by atoms with Crippen molar-refractivity contribution in [2.75, 3.05) is 0 Å². The topological polar surface area (TPSA) is 0 Å². The molecule has 4 aromatic rings. The number of hydrogen-bond donors (Lipinski definition) is 0. The van der Waals surface area contributed by atoms with Gasteiger partial charge in [0.15, 0.2) is 0 Å². The van der Waals surface area contributed by atoms with Crippen LogP contribution in [-0.2, 0) is 6.51 Å². The van der Waals surface area contributed by atoms with Crippen molar-refractivity contribution in [2.45, 2.75) is 46.6 Å². The average Bonchev–Trinajstić information content (AvgIpc) is 3.93. The third kappa shape index (κ3) is 0.641. The molecule has 10 aliphatic heterocycles. The molecule has 8 atom stereocenters. The molecule has 10 fully saturated rings. The molecule has 1 spiro atoms. The molecule has 0 N–H and O–H groups in total. The Balaban J connectivity index is 1.08. The Morgan fingerprint density at radius 1 is 0.390 bits per heavy atom. The van der Waals surface area contributed by atoms with Gasteiger partial charge in [-0.2, -0.15) is 0 Å². The summed E-state index contributed by atoms with van der Waals surface area (Å²) in [7, 11) is -0.894. The quantitative estimate of drug-likeness (QED) is 0.140. The SMILES string of the molecule is Clc1ccc(P(c2ccc(Cl)cc2)[C]23[CH]4[CH]5[CH]6[CH]2[Fe]56432789[CH]3[CH]2[CH]7[C]8(P(c2ccc(Cl)cc2)c2ccc(Cl)cc2)[CH]39)cc1. The minimum atomic E-state index is -4.03. The number of hydrogen-bond acceptors (Lipinski definition) is 0. The molecule has 0 amide bonds. The van der Waals surface area contributed by atoms with Gasteiger partial charge in [-0.1, -0.05) is 0 Å². The molecular weight excluding hydrogens is 668 g/mol. The first-order valence-electron chi connectivity index (χ1n) is 14.5. The van der Waals surface area contributed by atoms with Crippen molar-refractivity contribution in [3.05, 3.63) is 117 Å². The standard InChI is InChI=1S/2C17H12Cl2P.Fe/c2*18-13-5-9-16(10-6-13)20(15-3-1-2-4-15)17-11-7-14(19)8-12-17;/h2*1-12H;. The molecular formula is C34H24Cl4FeP2. The van der Waals surface area contributed by atoms with Gasteiger partial charge in [-0.05, 0) is 0 Å². The Bertz CT molecular complexity index is 2100.